The lowest BCUT2D eigenvalue weighted by atomic mass is 11.4. The van der Waals surface area contributed by atoms with Crippen molar-refractivity contribution < 1.29 is 9.84 Å². The number of rotatable bonds is 0. The van der Waals surface area contributed by atoms with Crippen molar-refractivity contribution in [3.8, 4) is 0 Å². The molecule has 0 aliphatic carbocycles. The molecule has 0 aromatic heterocycles. The van der Waals surface area contributed by atoms with E-state index in [-0.39, 0.29) is 6.73 Å². The molecular weight excluding hydrogens is 82.0 g/mol. The van der Waals surface area contributed by atoms with Crippen molar-refractivity contribution in [1.29, 1.82) is 0 Å². The molecular formula is C3H11NO2. The van der Waals surface area contributed by atoms with Crippen molar-refractivity contribution in [2.75, 3.05) is 21.0 Å². The zero-order valence-electron chi connectivity index (χ0n) is 4.14. The van der Waals surface area contributed by atoms with Crippen molar-refractivity contribution in [2.24, 2.45) is 5.73 Å². The first-order valence-corrected chi connectivity index (χ1v) is 1.54. The third-order valence-corrected chi connectivity index (χ3v) is 0. The van der Waals surface area contributed by atoms with Crippen LogP contribution in [-0.2, 0) is 4.74 Å². The molecule has 0 aromatic carbocycles. The second-order valence-corrected chi connectivity index (χ2v) is 0.591. The fourth-order valence-corrected chi connectivity index (χ4v) is 0. The Balaban J connectivity index is 0. The summed E-state index contributed by atoms with van der Waals surface area (Å²) in [5.41, 5.74) is 4.40. The van der Waals surface area contributed by atoms with Gasteiger partial charge in [-0.3, -0.25) is 0 Å². The zero-order chi connectivity index (χ0) is 5.41. The molecule has 0 rings (SSSR count). The average molecular weight is 93.1 g/mol. The van der Waals surface area contributed by atoms with Gasteiger partial charge in [-0.15, -0.1) is 0 Å². The van der Waals surface area contributed by atoms with Crippen LogP contribution in [0, 0.1) is 0 Å². The highest BCUT2D eigenvalue weighted by molar-refractivity contribution is 3.76. The molecule has 0 fully saturated rings. The van der Waals surface area contributed by atoms with E-state index in [1.54, 1.807) is 14.2 Å². The Morgan fingerprint density at radius 1 is 1.67 bits per heavy atom. The second-order valence-electron chi connectivity index (χ2n) is 0.591. The van der Waals surface area contributed by atoms with Crippen LogP contribution >= 0.6 is 0 Å². The van der Waals surface area contributed by atoms with E-state index < -0.39 is 0 Å². The Bertz CT molecular complexity index is 10.8. The number of nitrogens with two attached hydrogens (primary N) is 1. The van der Waals surface area contributed by atoms with E-state index in [2.05, 4.69) is 10.5 Å². The molecule has 0 atom stereocenters. The van der Waals surface area contributed by atoms with Gasteiger partial charge in [0.2, 0.25) is 0 Å². The first-order chi connectivity index (χ1) is 2.83. The van der Waals surface area contributed by atoms with Crippen LogP contribution in [0.1, 0.15) is 0 Å². The molecule has 0 unspecified atom stereocenters. The van der Waals surface area contributed by atoms with Gasteiger partial charge < -0.3 is 15.6 Å². The smallest absolute Gasteiger partial charge is 0.0906 e. The van der Waals surface area contributed by atoms with Crippen LogP contribution < -0.4 is 5.73 Å². The molecule has 6 heavy (non-hydrogen) atoms. The minimum Gasteiger partial charge on any atom is -0.388 e. The molecule has 0 amide bonds. The van der Waals surface area contributed by atoms with Gasteiger partial charge in [-0.2, -0.15) is 0 Å². The second kappa shape index (κ2) is 20.8. The predicted molar refractivity (Wildman–Crippen MR) is 24.2 cm³/mol. The van der Waals surface area contributed by atoms with Crippen LogP contribution in [0.4, 0.5) is 0 Å². The molecule has 0 saturated heterocycles. The van der Waals surface area contributed by atoms with E-state index in [9.17, 15) is 0 Å². The van der Waals surface area contributed by atoms with E-state index in [0.717, 1.165) is 0 Å². The summed E-state index contributed by atoms with van der Waals surface area (Å²) in [6.45, 7) is -0.250. The van der Waals surface area contributed by atoms with Crippen molar-refractivity contribution in [3.63, 3.8) is 0 Å². The summed E-state index contributed by atoms with van der Waals surface area (Å²) in [4.78, 5) is 0. The minimum atomic E-state index is -0.250. The molecule has 40 valence electrons. The lowest BCUT2D eigenvalue weighted by molar-refractivity contribution is 0.277. The van der Waals surface area contributed by atoms with Crippen molar-refractivity contribution in [1.82, 2.24) is 0 Å². The van der Waals surface area contributed by atoms with Crippen LogP contribution in [0.25, 0.3) is 0 Å². The first kappa shape index (κ1) is 9.30. The molecule has 0 aliphatic heterocycles. The van der Waals surface area contributed by atoms with Gasteiger partial charge in [0.25, 0.3) is 0 Å². The molecule has 0 aromatic rings. The third kappa shape index (κ3) is 2230. The summed E-state index contributed by atoms with van der Waals surface area (Å²) in [7, 11) is 3.25. The van der Waals surface area contributed by atoms with Gasteiger partial charge in [0, 0.05) is 14.2 Å². The van der Waals surface area contributed by atoms with E-state index in [0.29, 0.717) is 0 Å². The van der Waals surface area contributed by atoms with Gasteiger partial charge in [0.05, 0.1) is 6.73 Å². The number of methoxy groups -OCH3 is 1. The zero-order valence-corrected chi connectivity index (χ0v) is 4.14. The molecule has 0 spiro atoms. The molecule has 0 aliphatic rings. The number of hydrogen-bond acceptors (Lipinski definition) is 3. The van der Waals surface area contributed by atoms with Gasteiger partial charge >= 0.3 is 0 Å². The van der Waals surface area contributed by atoms with Crippen LogP contribution in [0.3, 0.4) is 0 Å². The summed E-state index contributed by atoms with van der Waals surface area (Å²) in [6.07, 6.45) is 0. The van der Waals surface area contributed by atoms with Crippen molar-refractivity contribution >= 4 is 0 Å². The normalized spacial score (nSPS) is 6.00. The minimum absolute atomic E-state index is 0.250. The van der Waals surface area contributed by atoms with Gasteiger partial charge in [-0.05, 0) is 0 Å². The molecule has 0 heterocycles. The number of aliphatic hydroxyl groups excluding tert-OH is 1. The Hall–Kier alpha value is -0.120. The fourth-order valence-electron chi connectivity index (χ4n) is 0. The Kier molecular flexibility index (Phi) is 32.2. The molecule has 3 N–H and O–H groups in total. The summed E-state index contributed by atoms with van der Waals surface area (Å²) in [5, 5.41) is 7.35. The average Bonchev–Trinajstić information content (AvgIpc) is 1.39. The monoisotopic (exact) mass is 93.1 g/mol. The van der Waals surface area contributed by atoms with E-state index >= 15 is 0 Å². The number of aliphatic hydroxyl groups is 1. The number of ether oxygens (including phenoxy) is 1. The SMILES string of the molecule is COC.NCO. The van der Waals surface area contributed by atoms with Crippen LogP contribution in [0.15, 0.2) is 0 Å². The lowest BCUT2D eigenvalue weighted by Crippen LogP contribution is -1.92. The summed E-state index contributed by atoms with van der Waals surface area (Å²) >= 11 is 0. The third-order valence-electron chi connectivity index (χ3n) is 0. The molecule has 3 nitrogen and oxygen atoms in total. The molecule has 0 saturated carbocycles. The van der Waals surface area contributed by atoms with Crippen LogP contribution in [-0.4, -0.2) is 26.1 Å². The highest BCUT2D eigenvalue weighted by Crippen LogP contribution is 1.28. The number of hydrogen-bond donors (Lipinski definition) is 2. The maximum absolute atomic E-state index is 7.35. The Morgan fingerprint density at radius 2 is 1.67 bits per heavy atom. The predicted octanol–water partition coefficient (Wildman–Crippen LogP) is -0.842. The van der Waals surface area contributed by atoms with Crippen LogP contribution in [0.5, 0.6) is 0 Å². The van der Waals surface area contributed by atoms with Gasteiger partial charge in [-0.1, -0.05) is 0 Å². The summed E-state index contributed by atoms with van der Waals surface area (Å²) in [6, 6.07) is 0. The van der Waals surface area contributed by atoms with Gasteiger partial charge in [0.1, 0.15) is 0 Å². The van der Waals surface area contributed by atoms with E-state index in [1.807, 2.05) is 0 Å². The lowest BCUT2D eigenvalue weighted by Gasteiger charge is -1.61. The quantitative estimate of drug-likeness (QED) is 0.384. The van der Waals surface area contributed by atoms with Crippen molar-refractivity contribution in [2.45, 2.75) is 0 Å². The van der Waals surface area contributed by atoms with Gasteiger partial charge in [-0.25, -0.2) is 0 Å². The molecule has 0 radical (unpaired) electrons. The van der Waals surface area contributed by atoms with E-state index in [1.165, 1.54) is 0 Å². The van der Waals surface area contributed by atoms with Crippen LogP contribution in [0.2, 0.25) is 0 Å². The Labute approximate surface area is 37.7 Å². The molecule has 0 bridgehead atoms. The summed E-state index contributed by atoms with van der Waals surface area (Å²) in [5.74, 6) is 0. The van der Waals surface area contributed by atoms with Gasteiger partial charge in [0.15, 0.2) is 0 Å². The largest absolute Gasteiger partial charge is 0.388 e. The summed E-state index contributed by atoms with van der Waals surface area (Å²) < 4.78 is 4.25. The van der Waals surface area contributed by atoms with E-state index in [4.69, 9.17) is 5.11 Å². The standard InChI is InChI=1S/C2H6O.CH5NO/c1-3-2;2-1-3/h1-2H3;3H,1-2H2. The fraction of sp³-hybridized carbons (Fsp3) is 1.00. The highest BCUT2D eigenvalue weighted by Gasteiger charge is 1.30. The maximum Gasteiger partial charge on any atom is 0.0906 e. The first-order valence-electron chi connectivity index (χ1n) is 1.54. The molecule has 3 heteroatoms. The highest BCUT2D eigenvalue weighted by atomic mass is 16.4. The maximum atomic E-state index is 7.35. The topological polar surface area (TPSA) is 55.5 Å². The Morgan fingerprint density at radius 3 is 1.67 bits per heavy atom. The van der Waals surface area contributed by atoms with Crippen molar-refractivity contribution in [3.05, 3.63) is 0 Å².